The fourth-order valence-corrected chi connectivity index (χ4v) is 5.25. The Morgan fingerprint density at radius 3 is 2.77 bits per heavy atom. The van der Waals surface area contributed by atoms with Gasteiger partial charge in [0.15, 0.2) is 0 Å². The number of carbonyl (C=O) groups excluding carboxylic acids is 1. The third-order valence-corrected chi connectivity index (χ3v) is 6.69. The molecule has 2 aromatic heterocycles. The van der Waals surface area contributed by atoms with Crippen molar-refractivity contribution < 1.29 is 9.72 Å². The highest BCUT2D eigenvalue weighted by atomic mass is 32.1. The van der Waals surface area contributed by atoms with E-state index in [0.29, 0.717) is 17.7 Å². The quantitative estimate of drug-likeness (QED) is 0.481. The van der Waals surface area contributed by atoms with E-state index in [0.717, 1.165) is 11.3 Å². The van der Waals surface area contributed by atoms with Gasteiger partial charge >= 0.3 is 0 Å². The van der Waals surface area contributed by atoms with Crippen LogP contribution in [-0.4, -0.2) is 22.3 Å². The Morgan fingerprint density at radius 1 is 1.19 bits per heavy atom. The predicted molar refractivity (Wildman–Crippen MR) is 103 cm³/mol. The van der Waals surface area contributed by atoms with Gasteiger partial charge in [0, 0.05) is 33.5 Å². The molecule has 3 heterocycles. The van der Waals surface area contributed by atoms with E-state index in [1.165, 1.54) is 16.5 Å². The lowest BCUT2D eigenvalue weighted by atomic mass is 9.96. The van der Waals surface area contributed by atoms with E-state index in [2.05, 4.69) is 11.4 Å². The number of amides is 1. The van der Waals surface area contributed by atoms with Crippen molar-refractivity contribution in [3.05, 3.63) is 83.7 Å². The molecule has 0 N–H and O–H groups in total. The van der Waals surface area contributed by atoms with E-state index in [-0.39, 0.29) is 17.6 Å². The zero-order valence-electron chi connectivity index (χ0n) is 14.0. The topological polar surface area (TPSA) is 63.5 Å². The van der Waals surface area contributed by atoms with E-state index in [9.17, 15) is 14.9 Å². The van der Waals surface area contributed by atoms with Crippen LogP contribution in [0.25, 0.3) is 0 Å². The Hall–Kier alpha value is -2.51. The van der Waals surface area contributed by atoms with Crippen LogP contribution in [0.3, 0.4) is 0 Å². The minimum absolute atomic E-state index is 0.0169. The van der Waals surface area contributed by atoms with E-state index in [4.69, 9.17) is 0 Å². The number of nitro benzene ring substituents is 1. The van der Waals surface area contributed by atoms with Crippen molar-refractivity contribution in [2.75, 3.05) is 6.54 Å². The van der Waals surface area contributed by atoms with Crippen LogP contribution in [0.2, 0.25) is 0 Å². The normalized spacial score (nSPS) is 16.3. The fraction of sp³-hybridized carbons (Fsp3) is 0.211. The number of benzene rings is 1. The smallest absolute Gasteiger partial charge is 0.273 e. The maximum absolute atomic E-state index is 13.3. The second-order valence-corrected chi connectivity index (χ2v) is 8.15. The minimum atomic E-state index is -0.434. The van der Waals surface area contributed by atoms with Gasteiger partial charge in [-0.1, -0.05) is 12.1 Å². The van der Waals surface area contributed by atoms with Gasteiger partial charge in [-0.05, 0) is 47.9 Å². The Bertz CT molecular complexity index is 979. The molecule has 0 bridgehead atoms. The summed E-state index contributed by atoms with van der Waals surface area (Å²) in [5, 5.41) is 15.3. The number of fused-ring (bicyclic) bond motifs is 1. The first-order valence-corrected chi connectivity index (χ1v) is 9.98. The van der Waals surface area contributed by atoms with E-state index in [1.54, 1.807) is 41.7 Å². The molecule has 0 saturated carbocycles. The highest BCUT2D eigenvalue weighted by Crippen LogP contribution is 2.40. The van der Waals surface area contributed by atoms with E-state index < -0.39 is 4.92 Å². The number of carbonyl (C=O) groups is 1. The van der Waals surface area contributed by atoms with Gasteiger partial charge in [0.1, 0.15) is 0 Å². The average molecular weight is 384 g/mol. The van der Waals surface area contributed by atoms with Gasteiger partial charge in [-0.2, -0.15) is 0 Å². The molecule has 5 nitrogen and oxygen atoms in total. The van der Waals surface area contributed by atoms with Crippen LogP contribution in [0, 0.1) is 17.0 Å². The van der Waals surface area contributed by atoms with Gasteiger partial charge in [-0.25, -0.2) is 0 Å². The molecule has 1 unspecified atom stereocenters. The maximum Gasteiger partial charge on any atom is 0.273 e. The lowest BCUT2D eigenvalue weighted by Crippen LogP contribution is -2.40. The van der Waals surface area contributed by atoms with Gasteiger partial charge in [0.2, 0.25) is 0 Å². The van der Waals surface area contributed by atoms with Gasteiger partial charge in [-0.3, -0.25) is 14.9 Å². The maximum atomic E-state index is 13.3. The Kier molecular flexibility index (Phi) is 4.34. The van der Waals surface area contributed by atoms with E-state index in [1.807, 2.05) is 22.4 Å². The first-order chi connectivity index (χ1) is 12.6. The summed E-state index contributed by atoms with van der Waals surface area (Å²) in [5.74, 6) is -0.151. The highest BCUT2D eigenvalue weighted by molar-refractivity contribution is 7.10. The summed E-state index contributed by atoms with van der Waals surface area (Å²) in [4.78, 5) is 28.4. The van der Waals surface area contributed by atoms with Gasteiger partial charge in [0.25, 0.3) is 11.6 Å². The molecule has 1 aliphatic heterocycles. The van der Waals surface area contributed by atoms with Crippen LogP contribution in [-0.2, 0) is 6.42 Å². The molecule has 3 aromatic rings. The second-order valence-electron chi connectivity index (χ2n) is 6.17. The molecule has 4 rings (SSSR count). The molecule has 0 aliphatic carbocycles. The summed E-state index contributed by atoms with van der Waals surface area (Å²) in [7, 11) is 0. The summed E-state index contributed by atoms with van der Waals surface area (Å²) >= 11 is 3.35. The van der Waals surface area contributed by atoms with Crippen LogP contribution in [0.5, 0.6) is 0 Å². The first-order valence-electron chi connectivity index (χ1n) is 8.22. The highest BCUT2D eigenvalue weighted by Gasteiger charge is 2.35. The molecule has 0 saturated heterocycles. The Labute approximate surface area is 158 Å². The molecule has 0 radical (unpaired) electrons. The van der Waals surface area contributed by atoms with Crippen LogP contribution in [0.1, 0.15) is 37.3 Å². The standard InChI is InChI=1S/C19H16N2O3S2/c1-12-13(4-2-5-15(12)21(23)24)19(22)20-9-7-16-14(8-11-26-16)18(20)17-6-3-10-25-17/h2-6,8,10-11,18H,7,9H2,1H3. The molecular weight excluding hydrogens is 368 g/mol. The number of thiophene rings is 2. The molecule has 0 spiro atoms. The Balaban J connectivity index is 1.78. The molecule has 26 heavy (non-hydrogen) atoms. The molecule has 1 amide bonds. The van der Waals surface area contributed by atoms with Crippen molar-refractivity contribution in [3.63, 3.8) is 0 Å². The zero-order valence-corrected chi connectivity index (χ0v) is 15.7. The summed E-state index contributed by atoms with van der Waals surface area (Å²) in [6.07, 6.45) is 0.814. The van der Waals surface area contributed by atoms with Crippen molar-refractivity contribution in [3.8, 4) is 0 Å². The third kappa shape index (κ3) is 2.73. The summed E-state index contributed by atoms with van der Waals surface area (Å²) < 4.78 is 0. The van der Waals surface area contributed by atoms with Crippen molar-refractivity contribution in [2.45, 2.75) is 19.4 Å². The summed E-state index contributed by atoms with van der Waals surface area (Å²) in [6.45, 7) is 2.25. The van der Waals surface area contributed by atoms with Crippen molar-refractivity contribution >= 4 is 34.3 Å². The molecule has 7 heteroatoms. The van der Waals surface area contributed by atoms with Gasteiger partial charge in [0.05, 0.1) is 11.0 Å². The number of hydrogen-bond donors (Lipinski definition) is 0. The molecule has 132 valence electrons. The monoisotopic (exact) mass is 384 g/mol. The number of nitrogens with zero attached hydrogens (tertiary/aromatic N) is 2. The van der Waals surface area contributed by atoms with Crippen molar-refractivity contribution in [2.24, 2.45) is 0 Å². The fourth-order valence-electron chi connectivity index (χ4n) is 3.50. The van der Waals surface area contributed by atoms with E-state index >= 15 is 0 Å². The molecule has 1 aliphatic rings. The van der Waals surface area contributed by atoms with Crippen LogP contribution in [0.15, 0.2) is 47.2 Å². The molecule has 0 fully saturated rings. The van der Waals surface area contributed by atoms with Crippen LogP contribution in [0.4, 0.5) is 5.69 Å². The predicted octanol–water partition coefficient (Wildman–Crippen LogP) is 4.81. The van der Waals surface area contributed by atoms with Crippen LogP contribution < -0.4 is 0 Å². The first kappa shape index (κ1) is 16.9. The largest absolute Gasteiger partial charge is 0.326 e. The van der Waals surface area contributed by atoms with Crippen molar-refractivity contribution in [1.82, 2.24) is 4.90 Å². The molecular formula is C19H16N2O3S2. The summed E-state index contributed by atoms with van der Waals surface area (Å²) in [6, 6.07) is 10.7. The second kappa shape index (κ2) is 6.66. The molecule has 1 aromatic carbocycles. The zero-order chi connectivity index (χ0) is 18.3. The SMILES string of the molecule is Cc1c(C(=O)N2CCc3sccc3C2c2cccs2)cccc1[N+](=O)[O-]. The average Bonchev–Trinajstić information content (AvgIpc) is 3.31. The lowest BCUT2D eigenvalue weighted by molar-refractivity contribution is -0.385. The summed E-state index contributed by atoms with van der Waals surface area (Å²) in [5.41, 5.74) is 1.97. The number of hydrogen-bond acceptors (Lipinski definition) is 5. The third-order valence-electron chi connectivity index (χ3n) is 4.77. The minimum Gasteiger partial charge on any atom is -0.326 e. The lowest BCUT2D eigenvalue weighted by Gasteiger charge is -2.35. The van der Waals surface area contributed by atoms with Crippen LogP contribution >= 0.6 is 22.7 Å². The molecule has 1 atom stereocenters. The van der Waals surface area contributed by atoms with Gasteiger partial charge in [-0.15, -0.1) is 22.7 Å². The Morgan fingerprint density at radius 2 is 2.04 bits per heavy atom. The van der Waals surface area contributed by atoms with Gasteiger partial charge < -0.3 is 4.90 Å². The van der Waals surface area contributed by atoms with Crippen molar-refractivity contribution in [1.29, 1.82) is 0 Å². The number of rotatable bonds is 3. The number of nitro groups is 1.